The lowest BCUT2D eigenvalue weighted by atomic mass is 10.1. The Hall–Kier alpha value is -2.50. The number of ether oxygens (including phenoxy) is 3. The highest BCUT2D eigenvalue weighted by molar-refractivity contribution is 5.94. The van der Waals surface area contributed by atoms with Gasteiger partial charge in [-0.1, -0.05) is 13.0 Å². The van der Waals surface area contributed by atoms with Crippen LogP contribution in [0.15, 0.2) is 24.3 Å². The summed E-state index contributed by atoms with van der Waals surface area (Å²) in [5.41, 5.74) is 0.777. The molecule has 1 aromatic rings. The van der Waals surface area contributed by atoms with Crippen LogP contribution in [0, 0.1) is 0 Å². The SMILES string of the molecule is CCC(NC(=O)/C=C/c1ccc(OC)c(OC)c1)C(=O)OC. The van der Waals surface area contributed by atoms with Gasteiger partial charge in [0, 0.05) is 6.08 Å². The number of benzene rings is 1. The van der Waals surface area contributed by atoms with Crippen LogP contribution in [0.1, 0.15) is 18.9 Å². The first-order valence-corrected chi connectivity index (χ1v) is 6.84. The van der Waals surface area contributed by atoms with Gasteiger partial charge in [0.25, 0.3) is 0 Å². The Kier molecular flexibility index (Phi) is 6.95. The fourth-order valence-electron chi connectivity index (χ4n) is 1.82. The summed E-state index contributed by atoms with van der Waals surface area (Å²) in [7, 11) is 4.38. The summed E-state index contributed by atoms with van der Waals surface area (Å²) in [6.07, 6.45) is 3.44. The Labute approximate surface area is 130 Å². The third-order valence-electron chi connectivity index (χ3n) is 3.05. The molecule has 1 atom stereocenters. The van der Waals surface area contributed by atoms with Crippen LogP contribution < -0.4 is 14.8 Å². The number of hydrogen-bond donors (Lipinski definition) is 1. The summed E-state index contributed by atoms with van der Waals surface area (Å²) in [5, 5.41) is 2.58. The highest BCUT2D eigenvalue weighted by atomic mass is 16.5. The molecule has 0 aromatic heterocycles. The van der Waals surface area contributed by atoms with Gasteiger partial charge in [-0.25, -0.2) is 4.79 Å². The highest BCUT2D eigenvalue weighted by Gasteiger charge is 2.17. The number of nitrogens with one attached hydrogen (secondary N) is 1. The Morgan fingerprint density at radius 1 is 1.18 bits per heavy atom. The Morgan fingerprint density at radius 2 is 1.86 bits per heavy atom. The average molecular weight is 307 g/mol. The normalized spacial score (nSPS) is 11.8. The zero-order valence-electron chi connectivity index (χ0n) is 13.2. The molecule has 0 radical (unpaired) electrons. The smallest absolute Gasteiger partial charge is 0.328 e. The Bertz CT molecular complexity index is 553. The fraction of sp³-hybridized carbons (Fsp3) is 0.375. The van der Waals surface area contributed by atoms with Gasteiger partial charge < -0.3 is 19.5 Å². The van der Waals surface area contributed by atoms with Crippen molar-refractivity contribution in [3.05, 3.63) is 29.8 Å². The summed E-state index contributed by atoms with van der Waals surface area (Å²) in [5.74, 6) is 0.356. The number of carbonyl (C=O) groups excluding carboxylic acids is 2. The zero-order chi connectivity index (χ0) is 16.5. The van der Waals surface area contributed by atoms with E-state index in [0.29, 0.717) is 17.9 Å². The maximum absolute atomic E-state index is 11.8. The number of carbonyl (C=O) groups is 2. The number of methoxy groups -OCH3 is 3. The van der Waals surface area contributed by atoms with Crippen LogP contribution in [0.5, 0.6) is 11.5 Å². The molecule has 6 heteroatoms. The molecule has 0 saturated carbocycles. The maximum Gasteiger partial charge on any atom is 0.328 e. The molecule has 22 heavy (non-hydrogen) atoms. The lowest BCUT2D eigenvalue weighted by molar-refractivity contribution is -0.144. The molecule has 1 unspecified atom stereocenters. The van der Waals surface area contributed by atoms with E-state index in [2.05, 4.69) is 10.1 Å². The van der Waals surface area contributed by atoms with Crippen molar-refractivity contribution in [3.63, 3.8) is 0 Å². The van der Waals surface area contributed by atoms with E-state index in [1.54, 1.807) is 45.4 Å². The topological polar surface area (TPSA) is 73.9 Å². The molecule has 0 fully saturated rings. The van der Waals surface area contributed by atoms with Crippen LogP contribution in [0.3, 0.4) is 0 Å². The van der Waals surface area contributed by atoms with E-state index in [1.165, 1.54) is 13.2 Å². The predicted molar refractivity (Wildman–Crippen MR) is 82.8 cm³/mol. The molecule has 1 aromatic carbocycles. The van der Waals surface area contributed by atoms with Crippen molar-refractivity contribution >= 4 is 18.0 Å². The van der Waals surface area contributed by atoms with E-state index in [1.807, 2.05) is 0 Å². The van der Waals surface area contributed by atoms with E-state index in [-0.39, 0.29) is 5.91 Å². The highest BCUT2D eigenvalue weighted by Crippen LogP contribution is 2.27. The van der Waals surface area contributed by atoms with E-state index in [4.69, 9.17) is 9.47 Å². The van der Waals surface area contributed by atoms with Gasteiger partial charge in [0.05, 0.1) is 21.3 Å². The molecular weight excluding hydrogens is 286 g/mol. The van der Waals surface area contributed by atoms with Crippen LogP contribution in [-0.2, 0) is 14.3 Å². The standard InChI is InChI=1S/C16H21NO5/c1-5-12(16(19)22-4)17-15(18)9-7-11-6-8-13(20-2)14(10-11)21-3/h6-10,12H,5H2,1-4H3,(H,17,18)/b9-7+. The summed E-state index contributed by atoms with van der Waals surface area (Å²) in [6, 6.07) is 4.65. The first kappa shape index (κ1) is 17.6. The second-order valence-electron chi connectivity index (χ2n) is 4.44. The quantitative estimate of drug-likeness (QED) is 0.614. The number of amides is 1. The zero-order valence-corrected chi connectivity index (χ0v) is 13.2. The van der Waals surface area contributed by atoms with Crippen molar-refractivity contribution in [1.29, 1.82) is 0 Å². The van der Waals surface area contributed by atoms with Gasteiger partial charge >= 0.3 is 5.97 Å². The van der Waals surface area contributed by atoms with Gasteiger partial charge in [0.15, 0.2) is 11.5 Å². The summed E-state index contributed by atoms with van der Waals surface area (Å²) in [6.45, 7) is 1.79. The van der Waals surface area contributed by atoms with Crippen LogP contribution in [0.25, 0.3) is 6.08 Å². The minimum absolute atomic E-state index is 0.368. The molecule has 1 amide bonds. The minimum atomic E-state index is -0.646. The summed E-state index contributed by atoms with van der Waals surface area (Å²) >= 11 is 0. The van der Waals surface area contributed by atoms with E-state index in [0.717, 1.165) is 5.56 Å². The van der Waals surface area contributed by atoms with Crippen molar-refractivity contribution in [1.82, 2.24) is 5.32 Å². The molecule has 6 nitrogen and oxygen atoms in total. The van der Waals surface area contributed by atoms with Crippen molar-refractivity contribution in [2.45, 2.75) is 19.4 Å². The van der Waals surface area contributed by atoms with Crippen LogP contribution in [0.4, 0.5) is 0 Å². The third-order valence-corrected chi connectivity index (χ3v) is 3.05. The predicted octanol–water partition coefficient (Wildman–Crippen LogP) is 1.78. The van der Waals surface area contributed by atoms with Crippen LogP contribution >= 0.6 is 0 Å². The molecule has 0 aliphatic carbocycles. The molecule has 120 valence electrons. The van der Waals surface area contributed by atoms with Crippen LogP contribution in [0.2, 0.25) is 0 Å². The maximum atomic E-state index is 11.8. The second-order valence-corrected chi connectivity index (χ2v) is 4.44. The van der Waals surface area contributed by atoms with Gasteiger partial charge in [-0.2, -0.15) is 0 Å². The second kappa shape index (κ2) is 8.71. The third kappa shape index (κ3) is 4.80. The van der Waals surface area contributed by atoms with E-state index in [9.17, 15) is 9.59 Å². The van der Waals surface area contributed by atoms with Crippen molar-refractivity contribution < 1.29 is 23.8 Å². The van der Waals surface area contributed by atoms with Gasteiger partial charge in [-0.15, -0.1) is 0 Å². The molecule has 0 heterocycles. The molecule has 0 aliphatic heterocycles. The molecule has 1 rings (SSSR count). The largest absolute Gasteiger partial charge is 0.493 e. The molecular formula is C16H21NO5. The van der Waals surface area contributed by atoms with E-state index < -0.39 is 12.0 Å². The van der Waals surface area contributed by atoms with Crippen molar-refractivity contribution in [2.75, 3.05) is 21.3 Å². The van der Waals surface area contributed by atoms with E-state index >= 15 is 0 Å². The number of hydrogen-bond acceptors (Lipinski definition) is 5. The average Bonchev–Trinajstić information content (AvgIpc) is 2.56. The molecule has 1 N–H and O–H groups in total. The van der Waals surface area contributed by atoms with Gasteiger partial charge in [-0.05, 0) is 30.2 Å². The van der Waals surface area contributed by atoms with Crippen molar-refractivity contribution in [2.24, 2.45) is 0 Å². The lowest BCUT2D eigenvalue weighted by Gasteiger charge is -2.12. The Morgan fingerprint density at radius 3 is 2.41 bits per heavy atom. The molecule has 0 spiro atoms. The first-order valence-electron chi connectivity index (χ1n) is 6.84. The summed E-state index contributed by atoms with van der Waals surface area (Å²) in [4.78, 5) is 23.2. The Balaban J connectivity index is 2.75. The minimum Gasteiger partial charge on any atom is -0.493 e. The monoisotopic (exact) mass is 307 g/mol. The number of rotatable bonds is 7. The van der Waals surface area contributed by atoms with Gasteiger partial charge in [0.2, 0.25) is 5.91 Å². The first-order chi connectivity index (χ1) is 10.5. The number of esters is 1. The molecule has 0 saturated heterocycles. The van der Waals surface area contributed by atoms with Gasteiger partial charge in [-0.3, -0.25) is 4.79 Å². The molecule has 0 bridgehead atoms. The lowest BCUT2D eigenvalue weighted by Crippen LogP contribution is -2.40. The van der Waals surface area contributed by atoms with Gasteiger partial charge in [0.1, 0.15) is 6.04 Å². The molecule has 0 aliphatic rings. The summed E-state index contributed by atoms with van der Waals surface area (Å²) < 4.78 is 14.9. The fourth-order valence-corrected chi connectivity index (χ4v) is 1.82. The van der Waals surface area contributed by atoms with Crippen LogP contribution in [-0.4, -0.2) is 39.2 Å². The van der Waals surface area contributed by atoms with Crippen molar-refractivity contribution in [3.8, 4) is 11.5 Å².